The molecule has 0 radical (unpaired) electrons. The first-order chi connectivity index (χ1) is 12.6. The van der Waals surface area contributed by atoms with E-state index in [9.17, 15) is 9.59 Å². The van der Waals surface area contributed by atoms with Gasteiger partial charge in [0, 0.05) is 24.7 Å². The van der Waals surface area contributed by atoms with Crippen LogP contribution in [0.1, 0.15) is 38.8 Å². The maximum atomic E-state index is 13.0. The predicted octanol–water partition coefficient (Wildman–Crippen LogP) is 3.77. The molecule has 3 heterocycles. The third-order valence-electron chi connectivity index (χ3n) is 4.48. The molecule has 0 aliphatic carbocycles. The highest BCUT2D eigenvalue weighted by Crippen LogP contribution is 2.29. The SMILES string of the molecule is CSc1ncc2c(C)c(Br)c(=O)n([C@H]3CCN(C(=O)OC(C)(C)C)C3)c2n1. The average Bonchev–Trinajstić information content (AvgIpc) is 3.08. The number of hydrogen-bond donors (Lipinski definition) is 0. The molecule has 1 atom stereocenters. The lowest BCUT2D eigenvalue weighted by Gasteiger charge is -2.24. The first-order valence-electron chi connectivity index (χ1n) is 8.71. The smallest absolute Gasteiger partial charge is 0.410 e. The van der Waals surface area contributed by atoms with E-state index in [0.29, 0.717) is 34.8 Å². The summed E-state index contributed by atoms with van der Waals surface area (Å²) < 4.78 is 7.66. The van der Waals surface area contributed by atoms with Crippen molar-refractivity contribution in [1.82, 2.24) is 19.4 Å². The molecular weight excluding hydrogens is 432 g/mol. The van der Waals surface area contributed by atoms with E-state index in [-0.39, 0.29) is 17.7 Å². The number of likely N-dealkylation sites (tertiary alicyclic amines) is 1. The van der Waals surface area contributed by atoms with E-state index in [2.05, 4.69) is 25.9 Å². The third-order valence-corrected chi connectivity index (χ3v) is 5.97. The number of carbonyl (C=O) groups excluding carboxylic acids is 1. The quantitative estimate of drug-likeness (QED) is 0.507. The number of nitrogens with zero attached hydrogens (tertiary/aromatic N) is 4. The number of carbonyl (C=O) groups is 1. The molecule has 1 aliphatic rings. The number of fused-ring (bicyclic) bond motifs is 1. The molecule has 0 aromatic carbocycles. The summed E-state index contributed by atoms with van der Waals surface area (Å²) in [6.45, 7) is 8.36. The summed E-state index contributed by atoms with van der Waals surface area (Å²) in [6.07, 6.45) is 3.97. The van der Waals surface area contributed by atoms with Gasteiger partial charge in [0.1, 0.15) is 11.2 Å². The minimum absolute atomic E-state index is 0.137. The van der Waals surface area contributed by atoms with E-state index in [1.54, 1.807) is 15.7 Å². The van der Waals surface area contributed by atoms with Gasteiger partial charge in [0.2, 0.25) is 0 Å². The van der Waals surface area contributed by atoms with Crippen LogP contribution in [0.4, 0.5) is 4.79 Å². The number of thioether (sulfide) groups is 1. The van der Waals surface area contributed by atoms with Crippen molar-refractivity contribution in [3.8, 4) is 0 Å². The second kappa shape index (κ2) is 7.43. The molecule has 1 saturated heterocycles. The van der Waals surface area contributed by atoms with E-state index >= 15 is 0 Å². The first kappa shape index (κ1) is 20.1. The van der Waals surface area contributed by atoms with Gasteiger partial charge in [0.15, 0.2) is 5.16 Å². The monoisotopic (exact) mass is 454 g/mol. The van der Waals surface area contributed by atoms with Crippen LogP contribution in [-0.4, -0.2) is 50.5 Å². The highest BCUT2D eigenvalue weighted by molar-refractivity contribution is 9.10. The Labute approximate surface area is 170 Å². The molecule has 146 valence electrons. The Bertz CT molecular complexity index is 954. The van der Waals surface area contributed by atoms with Crippen molar-refractivity contribution < 1.29 is 9.53 Å². The lowest BCUT2D eigenvalue weighted by molar-refractivity contribution is 0.0289. The number of hydrogen-bond acceptors (Lipinski definition) is 6. The molecule has 0 unspecified atom stereocenters. The molecule has 7 nitrogen and oxygen atoms in total. The number of rotatable bonds is 2. The first-order valence-corrected chi connectivity index (χ1v) is 10.7. The number of ether oxygens (including phenoxy) is 1. The summed E-state index contributed by atoms with van der Waals surface area (Å²) in [4.78, 5) is 36.0. The Morgan fingerprint density at radius 3 is 2.74 bits per heavy atom. The molecule has 1 aliphatic heterocycles. The Kier molecular flexibility index (Phi) is 5.54. The molecule has 1 fully saturated rings. The lowest BCUT2D eigenvalue weighted by atomic mass is 10.1. The number of pyridine rings is 1. The van der Waals surface area contributed by atoms with Gasteiger partial charge < -0.3 is 9.64 Å². The van der Waals surface area contributed by atoms with Gasteiger partial charge in [-0.2, -0.15) is 0 Å². The van der Waals surface area contributed by atoms with Gasteiger partial charge in [0.05, 0.1) is 10.5 Å². The van der Waals surface area contributed by atoms with E-state index in [1.807, 2.05) is 34.0 Å². The van der Waals surface area contributed by atoms with Gasteiger partial charge in [-0.1, -0.05) is 11.8 Å². The Morgan fingerprint density at radius 2 is 2.11 bits per heavy atom. The zero-order chi connectivity index (χ0) is 19.9. The average molecular weight is 455 g/mol. The van der Waals surface area contributed by atoms with Crippen LogP contribution in [-0.2, 0) is 4.74 Å². The van der Waals surface area contributed by atoms with Crippen molar-refractivity contribution in [3.05, 3.63) is 26.6 Å². The summed E-state index contributed by atoms with van der Waals surface area (Å²) in [5.41, 5.74) is 0.741. The van der Waals surface area contributed by atoms with Gasteiger partial charge in [-0.05, 0) is 61.9 Å². The van der Waals surface area contributed by atoms with Crippen molar-refractivity contribution in [2.75, 3.05) is 19.3 Å². The van der Waals surface area contributed by atoms with Gasteiger partial charge >= 0.3 is 6.09 Å². The fraction of sp³-hybridized carbons (Fsp3) is 0.556. The number of halogens is 1. The van der Waals surface area contributed by atoms with Crippen LogP contribution < -0.4 is 5.56 Å². The second-order valence-corrected chi connectivity index (χ2v) is 9.14. The van der Waals surface area contributed by atoms with Crippen molar-refractivity contribution >= 4 is 44.8 Å². The lowest BCUT2D eigenvalue weighted by Crippen LogP contribution is -2.36. The summed E-state index contributed by atoms with van der Waals surface area (Å²) in [5.74, 6) is 0. The molecule has 27 heavy (non-hydrogen) atoms. The fourth-order valence-electron chi connectivity index (χ4n) is 3.17. The fourth-order valence-corrected chi connectivity index (χ4v) is 3.91. The maximum absolute atomic E-state index is 13.0. The standard InChI is InChI=1S/C18H23BrN4O3S/c1-10-12-8-20-16(27-5)21-14(12)23(15(24)13(10)19)11-6-7-22(9-11)17(25)26-18(2,3)4/h8,11H,6-7,9H2,1-5H3/t11-/m0/s1. The largest absolute Gasteiger partial charge is 0.444 e. The maximum Gasteiger partial charge on any atom is 0.410 e. The summed E-state index contributed by atoms with van der Waals surface area (Å²) in [5, 5.41) is 1.44. The van der Waals surface area contributed by atoms with E-state index in [0.717, 1.165) is 10.9 Å². The predicted molar refractivity (Wildman–Crippen MR) is 109 cm³/mol. The van der Waals surface area contributed by atoms with Crippen LogP contribution >= 0.6 is 27.7 Å². The summed E-state index contributed by atoms with van der Waals surface area (Å²) in [6, 6.07) is -0.158. The van der Waals surface area contributed by atoms with Gasteiger partial charge in [-0.3, -0.25) is 9.36 Å². The minimum Gasteiger partial charge on any atom is -0.444 e. The van der Waals surface area contributed by atoms with Gasteiger partial charge in [0.25, 0.3) is 5.56 Å². The molecule has 1 amide bonds. The number of aryl methyl sites for hydroxylation is 1. The van der Waals surface area contributed by atoms with Crippen molar-refractivity contribution in [3.63, 3.8) is 0 Å². The second-order valence-electron chi connectivity index (χ2n) is 7.58. The molecule has 0 spiro atoms. The Hall–Kier alpha value is -1.61. The zero-order valence-corrected chi connectivity index (χ0v) is 18.5. The minimum atomic E-state index is -0.550. The van der Waals surface area contributed by atoms with Crippen LogP contribution in [0.3, 0.4) is 0 Å². The normalized spacial score (nSPS) is 17.6. The third kappa shape index (κ3) is 3.99. The Morgan fingerprint density at radius 1 is 1.41 bits per heavy atom. The molecule has 2 aromatic heterocycles. The van der Waals surface area contributed by atoms with Gasteiger partial charge in [-0.25, -0.2) is 14.8 Å². The highest BCUT2D eigenvalue weighted by atomic mass is 79.9. The zero-order valence-electron chi connectivity index (χ0n) is 16.1. The molecule has 0 bridgehead atoms. The molecule has 2 aromatic rings. The van der Waals surface area contributed by atoms with Crippen molar-refractivity contribution in [2.24, 2.45) is 0 Å². The van der Waals surface area contributed by atoms with E-state index in [1.165, 1.54) is 11.8 Å². The number of amides is 1. The summed E-state index contributed by atoms with van der Waals surface area (Å²) in [7, 11) is 0. The highest BCUT2D eigenvalue weighted by Gasteiger charge is 2.32. The van der Waals surface area contributed by atoms with E-state index in [4.69, 9.17) is 4.74 Å². The van der Waals surface area contributed by atoms with Crippen molar-refractivity contribution in [1.29, 1.82) is 0 Å². The molecule has 9 heteroatoms. The molecule has 0 saturated carbocycles. The van der Waals surface area contributed by atoms with Crippen LogP contribution in [0, 0.1) is 6.92 Å². The number of aromatic nitrogens is 3. The molecule has 3 rings (SSSR count). The van der Waals surface area contributed by atoms with Crippen LogP contribution in [0.25, 0.3) is 11.0 Å². The van der Waals surface area contributed by atoms with Crippen LogP contribution in [0.2, 0.25) is 0 Å². The van der Waals surface area contributed by atoms with Gasteiger partial charge in [-0.15, -0.1) is 0 Å². The van der Waals surface area contributed by atoms with Crippen molar-refractivity contribution in [2.45, 2.75) is 50.9 Å². The van der Waals surface area contributed by atoms with Crippen LogP contribution in [0.5, 0.6) is 0 Å². The molecular formula is C18H23BrN4O3S. The summed E-state index contributed by atoms with van der Waals surface area (Å²) >= 11 is 4.85. The Balaban J connectivity index is 2.02. The molecule has 0 N–H and O–H groups in total. The topological polar surface area (TPSA) is 77.3 Å². The van der Waals surface area contributed by atoms with Crippen LogP contribution in [0.15, 0.2) is 20.6 Å². The van der Waals surface area contributed by atoms with E-state index < -0.39 is 5.60 Å².